The van der Waals surface area contributed by atoms with Gasteiger partial charge in [0.15, 0.2) is 0 Å². The lowest BCUT2D eigenvalue weighted by molar-refractivity contribution is -0.123. The van der Waals surface area contributed by atoms with E-state index < -0.39 is 6.04 Å². The summed E-state index contributed by atoms with van der Waals surface area (Å²) in [6.45, 7) is 3.76. The minimum Gasteiger partial charge on any atom is -0.508 e. The van der Waals surface area contributed by atoms with E-state index in [1.807, 2.05) is 6.92 Å². The number of aromatic hydroxyl groups is 1. The zero-order valence-electron chi connectivity index (χ0n) is 14.4. The highest BCUT2D eigenvalue weighted by Gasteiger charge is 2.25. The van der Waals surface area contributed by atoms with Crippen molar-refractivity contribution < 1.29 is 14.7 Å². The second-order valence-corrected chi connectivity index (χ2v) is 6.08. The Bertz CT molecular complexity index is 560. The van der Waals surface area contributed by atoms with Gasteiger partial charge in [-0.25, -0.2) is 4.79 Å². The van der Waals surface area contributed by atoms with Crippen LogP contribution in [0, 0.1) is 0 Å². The number of nitrogens with two attached hydrogens (primary N) is 1. The van der Waals surface area contributed by atoms with Crippen molar-refractivity contribution in [2.24, 2.45) is 5.73 Å². The summed E-state index contributed by atoms with van der Waals surface area (Å²) in [6.07, 6.45) is 1.88. The summed E-state index contributed by atoms with van der Waals surface area (Å²) < 4.78 is 0. The molecule has 7 nitrogen and oxygen atoms in total. The van der Waals surface area contributed by atoms with Crippen LogP contribution in [-0.4, -0.2) is 53.7 Å². The van der Waals surface area contributed by atoms with Gasteiger partial charge in [-0.05, 0) is 43.9 Å². The van der Waals surface area contributed by atoms with Crippen molar-refractivity contribution in [1.29, 1.82) is 0 Å². The van der Waals surface area contributed by atoms with E-state index in [-0.39, 0.29) is 36.1 Å². The second kappa shape index (κ2) is 10.1. The molecule has 0 bridgehead atoms. The van der Waals surface area contributed by atoms with Crippen molar-refractivity contribution in [1.82, 2.24) is 15.5 Å². The molecule has 1 aliphatic rings. The molecule has 0 unspecified atom stereocenters. The molecule has 0 aromatic heterocycles. The number of hydrogen-bond donors (Lipinski definition) is 4. The number of nitrogens with zero attached hydrogens (tertiary/aromatic N) is 1. The van der Waals surface area contributed by atoms with Crippen molar-refractivity contribution in [2.45, 2.75) is 38.3 Å². The average Bonchev–Trinajstić information content (AvgIpc) is 2.57. The highest BCUT2D eigenvalue weighted by atomic mass is 35.5. The van der Waals surface area contributed by atoms with Gasteiger partial charge in [0.1, 0.15) is 5.75 Å². The number of phenolic OH excluding ortho intramolecular Hbond substituents is 1. The Morgan fingerprint density at radius 1 is 1.28 bits per heavy atom. The smallest absolute Gasteiger partial charge is 0.317 e. The minimum atomic E-state index is -0.629. The molecule has 0 saturated carbocycles. The zero-order chi connectivity index (χ0) is 17.5. The fourth-order valence-corrected chi connectivity index (χ4v) is 2.78. The fraction of sp³-hybridized carbons (Fsp3) is 0.529. The number of piperidine rings is 1. The van der Waals surface area contributed by atoms with Crippen LogP contribution < -0.4 is 16.4 Å². The highest BCUT2D eigenvalue weighted by molar-refractivity contribution is 5.85. The summed E-state index contributed by atoms with van der Waals surface area (Å²) in [7, 11) is 0. The number of urea groups is 1. The standard InChI is InChI=1S/C17H26N4O3.ClH/c1-2-19-17(24)21-9-7-13(8-10-21)20-16(23)15(18)11-12-3-5-14(22)6-4-12;/h3-6,13,15,22H,2,7-11,18H2,1H3,(H,19,24)(H,20,23);1H/t15-;/m0./s1. The van der Waals surface area contributed by atoms with Crippen LogP contribution >= 0.6 is 12.4 Å². The van der Waals surface area contributed by atoms with Gasteiger partial charge < -0.3 is 26.4 Å². The predicted octanol–water partition coefficient (Wildman–Crippen LogP) is 0.994. The van der Waals surface area contributed by atoms with Crippen LogP contribution in [0.5, 0.6) is 5.75 Å². The molecule has 5 N–H and O–H groups in total. The minimum absolute atomic E-state index is 0. The van der Waals surface area contributed by atoms with E-state index >= 15 is 0 Å². The zero-order valence-corrected chi connectivity index (χ0v) is 15.2. The molecule has 140 valence electrons. The molecular weight excluding hydrogens is 344 g/mol. The van der Waals surface area contributed by atoms with Crippen molar-refractivity contribution in [3.8, 4) is 5.75 Å². The van der Waals surface area contributed by atoms with Gasteiger partial charge in [-0.15, -0.1) is 12.4 Å². The van der Waals surface area contributed by atoms with Crippen LogP contribution in [0.1, 0.15) is 25.3 Å². The monoisotopic (exact) mass is 370 g/mol. The van der Waals surface area contributed by atoms with Gasteiger partial charge in [-0.3, -0.25) is 4.79 Å². The Balaban J connectivity index is 0.00000312. The van der Waals surface area contributed by atoms with E-state index in [1.54, 1.807) is 29.2 Å². The van der Waals surface area contributed by atoms with Crippen molar-refractivity contribution >= 4 is 24.3 Å². The van der Waals surface area contributed by atoms with Crippen molar-refractivity contribution in [2.75, 3.05) is 19.6 Å². The normalized spacial score (nSPS) is 15.8. The maximum absolute atomic E-state index is 12.2. The van der Waals surface area contributed by atoms with Crippen LogP contribution in [-0.2, 0) is 11.2 Å². The summed E-state index contributed by atoms with van der Waals surface area (Å²) in [4.78, 5) is 25.7. The maximum Gasteiger partial charge on any atom is 0.317 e. The summed E-state index contributed by atoms with van der Waals surface area (Å²) in [6, 6.07) is 6.05. The number of hydrogen-bond acceptors (Lipinski definition) is 4. The van der Waals surface area contributed by atoms with Gasteiger partial charge in [0.25, 0.3) is 0 Å². The first-order valence-corrected chi connectivity index (χ1v) is 8.36. The summed E-state index contributed by atoms with van der Waals surface area (Å²) in [5, 5.41) is 15.0. The van der Waals surface area contributed by atoms with Crippen LogP contribution in [0.2, 0.25) is 0 Å². The molecule has 2 rings (SSSR count). The van der Waals surface area contributed by atoms with Gasteiger partial charge in [0.05, 0.1) is 6.04 Å². The van der Waals surface area contributed by atoms with Gasteiger partial charge in [-0.2, -0.15) is 0 Å². The largest absolute Gasteiger partial charge is 0.508 e. The Kier molecular flexibility index (Phi) is 8.51. The number of rotatable bonds is 5. The number of benzene rings is 1. The Labute approximate surface area is 154 Å². The number of phenols is 1. The quantitative estimate of drug-likeness (QED) is 0.620. The molecule has 1 saturated heterocycles. The van der Waals surface area contributed by atoms with Crippen molar-refractivity contribution in [3.05, 3.63) is 29.8 Å². The summed E-state index contributed by atoms with van der Waals surface area (Å²) in [5.74, 6) is 0.00942. The maximum atomic E-state index is 12.2. The van der Waals surface area contributed by atoms with Crippen LogP contribution in [0.15, 0.2) is 24.3 Å². The third-order valence-corrected chi connectivity index (χ3v) is 4.19. The molecule has 3 amide bonds. The van der Waals surface area contributed by atoms with Gasteiger partial charge in [0.2, 0.25) is 5.91 Å². The predicted molar refractivity (Wildman–Crippen MR) is 98.8 cm³/mol. The van der Waals surface area contributed by atoms with Gasteiger partial charge in [0, 0.05) is 25.7 Å². The first kappa shape index (κ1) is 21.1. The lowest BCUT2D eigenvalue weighted by Gasteiger charge is -2.32. The van der Waals surface area contributed by atoms with Crippen LogP contribution in [0.3, 0.4) is 0 Å². The first-order chi connectivity index (χ1) is 11.5. The molecule has 0 aliphatic carbocycles. The second-order valence-electron chi connectivity index (χ2n) is 6.08. The number of carbonyl (C=O) groups is 2. The number of carbonyl (C=O) groups excluding carboxylic acids is 2. The molecule has 0 spiro atoms. The Hall–Kier alpha value is -1.99. The molecule has 1 aromatic carbocycles. The average molecular weight is 371 g/mol. The Morgan fingerprint density at radius 2 is 1.88 bits per heavy atom. The SMILES string of the molecule is CCNC(=O)N1CCC(NC(=O)[C@@H](N)Cc2ccc(O)cc2)CC1.Cl. The molecule has 1 atom stereocenters. The first-order valence-electron chi connectivity index (χ1n) is 8.36. The van der Waals surface area contributed by atoms with E-state index in [9.17, 15) is 14.7 Å². The summed E-state index contributed by atoms with van der Waals surface area (Å²) in [5.41, 5.74) is 6.87. The summed E-state index contributed by atoms with van der Waals surface area (Å²) >= 11 is 0. The highest BCUT2D eigenvalue weighted by Crippen LogP contribution is 2.13. The number of likely N-dealkylation sites (tertiary alicyclic amines) is 1. The molecule has 25 heavy (non-hydrogen) atoms. The third-order valence-electron chi connectivity index (χ3n) is 4.19. The molecule has 8 heteroatoms. The third kappa shape index (κ3) is 6.43. The number of amides is 3. The van der Waals surface area contributed by atoms with E-state index in [0.29, 0.717) is 26.1 Å². The molecule has 1 fully saturated rings. The lowest BCUT2D eigenvalue weighted by Crippen LogP contribution is -2.52. The fourth-order valence-electron chi connectivity index (χ4n) is 2.78. The molecule has 1 heterocycles. The van der Waals surface area contributed by atoms with E-state index in [1.165, 1.54) is 0 Å². The topological polar surface area (TPSA) is 108 Å². The Morgan fingerprint density at radius 3 is 2.44 bits per heavy atom. The molecule has 1 aromatic rings. The molecule has 0 radical (unpaired) electrons. The molecular formula is C17H27ClN4O3. The van der Waals surface area contributed by atoms with Crippen LogP contribution in [0.25, 0.3) is 0 Å². The van der Waals surface area contributed by atoms with E-state index in [2.05, 4.69) is 10.6 Å². The molecule has 1 aliphatic heterocycles. The van der Waals surface area contributed by atoms with Crippen LogP contribution in [0.4, 0.5) is 4.79 Å². The van der Waals surface area contributed by atoms with E-state index in [0.717, 1.165) is 18.4 Å². The van der Waals surface area contributed by atoms with Gasteiger partial charge >= 0.3 is 6.03 Å². The van der Waals surface area contributed by atoms with E-state index in [4.69, 9.17) is 5.73 Å². The number of halogens is 1. The lowest BCUT2D eigenvalue weighted by atomic mass is 10.0. The van der Waals surface area contributed by atoms with Gasteiger partial charge in [-0.1, -0.05) is 12.1 Å². The number of nitrogens with one attached hydrogen (secondary N) is 2. The van der Waals surface area contributed by atoms with Crippen molar-refractivity contribution in [3.63, 3.8) is 0 Å².